The van der Waals surface area contributed by atoms with Gasteiger partial charge in [-0.25, -0.2) is 0 Å². The van der Waals surface area contributed by atoms with Gasteiger partial charge in [0.15, 0.2) is 0 Å². The van der Waals surface area contributed by atoms with Crippen LogP contribution < -0.4 is 5.32 Å². The van der Waals surface area contributed by atoms with E-state index >= 15 is 0 Å². The number of unbranched alkanes of at least 4 members (excludes halogenated alkanes) is 1. The number of likely N-dealkylation sites (tertiary alicyclic amines) is 1. The number of hydrogen-bond donors (Lipinski definition) is 1. The zero-order chi connectivity index (χ0) is 33.1. The Balaban J connectivity index is 1.16. The van der Waals surface area contributed by atoms with Crippen LogP contribution in [0.2, 0.25) is 0 Å². The summed E-state index contributed by atoms with van der Waals surface area (Å²) in [6, 6.07) is 18.7. The normalized spacial score (nSPS) is 14.3. The highest BCUT2D eigenvalue weighted by molar-refractivity contribution is 6.01. The number of benzene rings is 3. The predicted molar refractivity (Wildman–Crippen MR) is 179 cm³/mol. The summed E-state index contributed by atoms with van der Waals surface area (Å²) in [6.45, 7) is 7.82. The number of amides is 2. The average molecular weight is 636 g/mol. The van der Waals surface area contributed by atoms with Gasteiger partial charge in [-0.1, -0.05) is 62.4 Å². The lowest BCUT2D eigenvalue weighted by atomic mass is 9.93. The molecule has 0 saturated carbocycles. The van der Waals surface area contributed by atoms with Crippen LogP contribution >= 0.6 is 0 Å². The third-order valence-electron chi connectivity index (χ3n) is 9.29. The fraction of sp³-hybridized carbons (Fsp3) is 0.474. The second-order valence-electron chi connectivity index (χ2n) is 12.3. The van der Waals surface area contributed by atoms with Crippen LogP contribution in [0.25, 0.3) is 11.1 Å². The number of rotatable bonds is 14. The molecule has 0 atom stereocenters. The standard InChI is InChI=1S/C38H48F3N3O2/c1-4-28-12-10-13-29(5-2)33(28)16-11-17-36(45)42-24-8-9-25-44-26-22-32(23-27-44)43(3)37(46)35-15-7-6-14-34(35)30-18-20-31(21-19-30)38(39,40)41/h6-7,10,12-15,18-21,32H,4-5,8-9,11,16-17,22-27H2,1-3H3,(H,42,45). The van der Waals surface area contributed by atoms with Crippen molar-refractivity contribution in [2.45, 2.75) is 83.9 Å². The number of alkyl halides is 3. The maximum absolute atomic E-state index is 13.5. The van der Waals surface area contributed by atoms with Gasteiger partial charge in [0, 0.05) is 44.7 Å². The zero-order valence-corrected chi connectivity index (χ0v) is 27.5. The largest absolute Gasteiger partial charge is 0.416 e. The molecule has 0 spiro atoms. The lowest BCUT2D eigenvalue weighted by Crippen LogP contribution is -2.45. The molecule has 0 aromatic heterocycles. The maximum atomic E-state index is 13.5. The van der Waals surface area contributed by atoms with Crippen LogP contribution in [0.4, 0.5) is 13.2 Å². The molecular weight excluding hydrogens is 587 g/mol. The Bertz CT molecular complexity index is 1410. The van der Waals surface area contributed by atoms with Crippen molar-refractivity contribution in [3.05, 3.63) is 94.5 Å². The molecule has 2 amide bonds. The second kappa shape index (κ2) is 16.8. The molecule has 248 valence electrons. The highest BCUT2D eigenvalue weighted by Gasteiger charge is 2.31. The Morgan fingerprint density at radius 3 is 2.15 bits per heavy atom. The number of carbonyl (C=O) groups excluding carboxylic acids is 2. The summed E-state index contributed by atoms with van der Waals surface area (Å²) in [5, 5.41) is 3.09. The topological polar surface area (TPSA) is 52.7 Å². The van der Waals surface area contributed by atoms with Gasteiger partial charge in [-0.3, -0.25) is 9.59 Å². The minimum atomic E-state index is -4.40. The molecule has 1 aliphatic heterocycles. The molecule has 1 N–H and O–H groups in total. The number of nitrogens with zero attached hydrogens (tertiary/aromatic N) is 2. The van der Waals surface area contributed by atoms with Gasteiger partial charge in [0.2, 0.25) is 5.91 Å². The summed E-state index contributed by atoms with van der Waals surface area (Å²) in [7, 11) is 1.82. The van der Waals surface area contributed by atoms with Gasteiger partial charge in [-0.05, 0) is 104 Å². The molecule has 1 saturated heterocycles. The smallest absolute Gasteiger partial charge is 0.356 e. The van der Waals surface area contributed by atoms with Gasteiger partial charge >= 0.3 is 6.18 Å². The number of carbonyl (C=O) groups is 2. The van der Waals surface area contributed by atoms with Crippen molar-refractivity contribution < 1.29 is 22.8 Å². The van der Waals surface area contributed by atoms with Gasteiger partial charge in [0.05, 0.1) is 5.56 Å². The van der Waals surface area contributed by atoms with E-state index in [1.54, 1.807) is 29.2 Å². The van der Waals surface area contributed by atoms with Crippen LogP contribution in [0.1, 0.15) is 85.0 Å². The highest BCUT2D eigenvalue weighted by Crippen LogP contribution is 2.32. The molecule has 1 fully saturated rings. The molecule has 5 nitrogen and oxygen atoms in total. The third-order valence-corrected chi connectivity index (χ3v) is 9.29. The summed E-state index contributed by atoms with van der Waals surface area (Å²) < 4.78 is 39.1. The summed E-state index contributed by atoms with van der Waals surface area (Å²) in [5.74, 6) is 0.00510. The minimum absolute atomic E-state index is 0.0985. The van der Waals surface area contributed by atoms with Crippen molar-refractivity contribution in [3.63, 3.8) is 0 Å². The Labute approximate surface area is 272 Å². The molecule has 3 aromatic rings. The zero-order valence-electron chi connectivity index (χ0n) is 27.5. The van der Waals surface area contributed by atoms with Gasteiger partial charge in [0.1, 0.15) is 0 Å². The summed E-state index contributed by atoms with van der Waals surface area (Å²) in [5.41, 5.74) is 5.20. The first-order valence-electron chi connectivity index (χ1n) is 16.7. The predicted octanol–water partition coefficient (Wildman–Crippen LogP) is 7.95. The molecule has 8 heteroatoms. The first kappa shape index (κ1) is 35.2. The van der Waals surface area contributed by atoms with E-state index in [-0.39, 0.29) is 17.9 Å². The van der Waals surface area contributed by atoms with E-state index in [4.69, 9.17) is 0 Å². The monoisotopic (exact) mass is 635 g/mol. The Hall–Kier alpha value is -3.65. The van der Waals surface area contributed by atoms with E-state index < -0.39 is 11.7 Å². The van der Waals surface area contributed by atoms with Crippen LogP contribution in [-0.2, 0) is 30.2 Å². The molecule has 46 heavy (non-hydrogen) atoms. The molecule has 0 radical (unpaired) electrons. The van der Waals surface area contributed by atoms with Crippen LogP contribution in [0.15, 0.2) is 66.7 Å². The summed E-state index contributed by atoms with van der Waals surface area (Å²) in [4.78, 5) is 30.2. The molecule has 4 rings (SSSR count). The van der Waals surface area contributed by atoms with Crippen molar-refractivity contribution >= 4 is 11.8 Å². The average Bonchev–Trinajstić information content (AvgIpc) is 3.07. The molecule has 0 bridgehead atoms. The Morgan fingerprint density at radius 2 is 1.52 bits per heavy atom. The first-order chi connectivity index (χ1) is 22.1. The van der Waals surface area contributed by atoms with Crippen molar-refractivity contribution in [2.75, 3.05) is 33.2 Å². The first-order valence-corrected chi connectivity index (χ1v) is 16.7. The molecule has 0 aliphatic carbocycles. The summed E-state index contributed by atoms with van der Waals surface area (Å²) in [6.07, 6.45) is 3.66. The molecular formula is C38H48F3N3O2. The third kappa shape index (κ3) is 9.44. The highest BCUT2D eigenvalue weighted by atomic mass is 19.4. The van der Waals surface area contributed by atoms with Crippen molar-refractivity contribution in [2.24, 2.45) is 0 Å². The Morgan fingerprint density at radius 1 is 0.870 bits per heavy atom. The van der Waals surface area contributed by atoms with Crippen LogP contribution in [-0.4, -0.2) is 60.9 Å². The van der Waals surface area contributed by atoms with Crippen LogP contribution in [0.5, 0.6) is 0 Å². The van der Waals surface area contributed by atoms with Crippen molar-refractivity contribution in [1.29, 1.82) is 0 Å². The van der Waals surface area contributed by atoms with Crippen molar-refractivity contribution in [3.8, 4) is 11.1 Å². The fourth-order valence-electron chi connectivity index (χ4n) is 6.52. The molecule has 0 unspecified atom stereocenters. The van der Waals surface area contributed by atoms with Crippen LogP contribution in [0.3, 0.4) is 0 Å². The van der Waals surface area contributed by atoms with E-state index in [2.05, 4.69) is 42.3 Å². The summed E-state index contributed by atoms with van der Waals surface area (Å²) >= 11 is 0. The number of halogens is 3. The van der Waals surface area contributed by atoms with E-state index in [0.29, 0.717) is 29.7 Å². The second-order valence-corrected chi connectivity index (χ2v) is 12.3. The van der Waals surface area contributed by atoms with Gasteiger partial charge < -0.3 is 15.1 Å². The van der Waals surface area contributed by atoms with E-state index in [1.807, 2.05) is 7.05 Å². The fourth-order valence-corrected chi connectivity index (χ4v) is 6.52. The van der Waals surface area contributed by atoms with Crippen molar-refractivity contribution in [1.82, 2.24) is 15.1 Å². The van der Waals surface area contributed by atoms with Gasteiger partial charge in [0.25, 0.3) is 5.91 Å². The van der Waals surface area contributed by atoms with Gasteiger partial charge in [-0.2, -0.15) is 13.2 Å². The van der Waals surface area contributed by atoms with Crippen LogP contribution in [0, 0.1) is 0 Å². The quantitative estimate of drug-likeness (QED) is 0.183. The van der Waals surface area contributed by atoms with E-state index in [0.717, 1.165) is 83.1 Å². The van der Waals surface area contributed by atoms with E-state index in [1.165, 1.54) is 28.8 Å². The van der Waals surface area contributed by atoms with Gasteiger partial charge in [-0.15, -0.1) is 0 Å². The molecule has 3 aromatic carbocycles. The lowest BCUT2D eigenvalue weighted by Gasteiger charge is -2.37. The number of hydrogen-bond acceptors (Lipinski definition) is 3. The number of aryl methyl sites for hydroxylation is 2. The molecule has 1 heterocycles. The van der Waals surface area contributed by atoms with E-state index in [9.17, 15) is 22.8 Å². The molecule has 1 aliphatic rings. The SMILES string of the molecule is CCc1cccc(CC)c1CCCC(=O)NCCCCN1CCC(N(C)C(=O)c2ccccc2-c2ccc(C(F)(F)F)cc2)CC1. The number of nitrogens with one attached hydrogen (secondary N) is 1. The minimum Gasteiger partial charge on any atom is -0.356 e. The Kier molecular flexibility index (Phi) is 12.8. The lowest BCUT2D eigenvalue weighted by molar-refractivity contribution is -0.137. The number of piperidine rings is 1. The maximum Gasteiger partial charge on any atom is 0.416 e.